The van der Waals surface area contributed by atoms with E-state index in [1.165, 1.54) is 5.56 Å². The highest BCUT2D eigenvalue weighted by molar-refractivity contribution is 6.30. The summed E-state index contributed by atoms with van der Waals surface area (Å²) in [5.41, 5.74) is 3.52. The van der Waals surface area contributed by atoms with E-state index in [2.05, 4.69) is 33.7 Å². The summed E-state index contributed by atoms with van der Waals surface area (Å²) in [6.07, 6.45) is 2.30. The van der Waals surface area contributed by atoms with Gasteiger partial charge in [-0.3, -0.25) is 4.90 Å². The van der Waals surface area contributed by atoms with Crippen LogP contribution in [0.2, 0.25) is 5.02 Å². The first kappa shape index (κ1) is 20.2. The number of ether oxygens (including phenoxy) is 1. The summed E-state index contributed by atoms with van der Waals surface area (Å²) in [5, 5.41) is 6.93. The van der Waals surface area contributed by atoms with Gasteiger partial charge in [0.1, 0.15) is 0 Å². The van der Waals surface area contributed by atoms with Crippen LogP contribution in [-0.4, -0.2) is 37.2 Å². The molecule has 1 saturated heterocycles. The van der Waals surface area contributed by atoms with E-state index in [-0.39, 0.29) is 12.1 Å². The zero-order chi connectivity index (χ0) is 20.1. The van der Waals surface area contributed by atoms with Gasteiger partial charge >= 0.3 is 6.03 Å². The maximum Gasteiger partial charge on any atom is 0.315 e. The van der Waals surface area contributed by atoms with Gasteiger partial charge < -0.3 is 15.4 Å². The fourth-order valence-corrected chi connectivity index (χ4v) is 3.95. The van der Waals surface area contributed by atoms with Crippen LogP contribution in [0.25, 0.3) is 0 Å². The van der Waals surface area contributed by atoms with Crippen LogP contribution >= 0.6 is 11.6 Å². The zero-order valence-electron chi connectivity index (χ0n) is 16.6. The van der Waals surface area contributed by atoms with E-state index in [1.807, 2.05) is 30.3 Å². The number of hydrogen-bond acceptors (Lipinski definition) is 3. The van der Waals surface area contributed by atoms with Gasteiger partial charge in [0, 0.05) is 31.2 Å². The lowest BCUT2D eigenvalue weighted by Gasteiger charge is -2.27. The fraction of sp³-hybridized carbons (Fsp3) is 0.435. The number of morpholine rings is 1. The summed E-state index contributed by atoms with van der Waals surface area (Å²) in [4.78, 5) is 15.0. The fourth-order valence-electron chi connectivity index (χ4n) is 3.83. The van der Waals surface area contributed by atoms with Crippen molar-refractivity contribution in [2.75, 3.05) is 26.3 Å². The van der Waals surface area contributed by atoms with Crippen molar-refractivity contribution in [3.8, 4) is 0 Å². The molecule has 4 rings (SSSR count). The first-order chi connectivity index (χ1) is 14.2. The largest absolute Gasteiger partial charge is 0.379 e. The topological polar surface area (TPSA) is 53.6 Å². The Kier molecular flexibility index (Phi) is 6.70. The van der Waals surface area contributed by atoms with Gasteiger partial charge in [0.2, 0.25) is 0 Å². The van der Waals surface area contributed by atoms with E-state index < -0.39 is 0 Å². The van der Waals surface area contributed by atoms with Crippen LogP contribution in [0.1, 0.15) is 35.6 Å². The van der Waals surface area contributed by atoms with E-state index in [0.717, 1.165) is 56.8 Å². The number of nitrogens with one attached hydrogen (secondary N) is 2. The Morgan fingerprint density at radius 1 is 1.07 bits per heavy atom. The summed E-state index contributed by atoms with van der Waals surface area (Å²) >= 11 is 6.01. The quantitative estimate of drug-likeness (QED) is 0.717. The molecule has 2 aliphatic rings. The third-order valence-electron chi connectivity index (χ3n) is 5.66. The van der Waals surface area contributed by atoms with Gasteiger partial charge in [0.15, 0.2) is 0 Å². The molecule has 154 valence electrons. The molecule has 2 fully saturated rings. The van der Waals surface area contributed by atoms with Crippen LogP contribution in [0.15, 0.2) is 48.5 Å². The zero-order valence-corrected chi connectivity index (χ0v) is 17.3. The van der Waals surface area contributed by atoms with E-state index in [4.69, 9.17) is 16.3 Å². The molecular formula is C23H28ClN3O2. The lowest BCUT2D eigenvalue weighted by molar-refractivity contribution is 0.0341. The number of carbonyl (C=O) groups is 1. The van der Waals surface area contributed by atoms with Crippen LogP contribution in [0, 0.1) is 5.92 Å². The molecular weight excluding hydrogens is 386 g/mol. The average Bonchev–Trinajstić information content (AvgIpc) is 3.58. The minimum absolute atomic E-state index is 0.0378. The Balaban J connectivity index is 1.35. The molecule has 1 saturated carbocycles. The monoisotopic (exact) mass is 413 g/mol. The molecule has 29 heavy (non-hydrogen) atoms. The van der Waals surface area contributed by atoms with Crippen molar-refractivity contribution in [1.29, 1.82) is 0 Å². The van der Waals surface area contributed by atoms with E-state index in [1.54, 1.807) is 0 Å². The molecule has 0 spiro atoms. The van der Waals surface area contributed by atoms with Gasteiger partial charge in [0.05, 0.1) is 19.3 Å². The summed E-state index contributed by atoms with van der Waals surface area (Å²) in [7, 11) is 0. The first-order valence-corrected chi connectivity index (χ1v) is 10.7. The minimum atomic E-state index is -0.127. The highest BCUT2D eigenvalue weighted by Gasteiger charge is 2.33. The molecule has 2 aromatic carbocycles. The van der Waals surface area contributed by atoms with Crippen LogP contribution in [-0.2, 0) is 17.8 Å². The summed E-state index contributed by atoms with van der Waals surface area (Å²) in [5.74, 6) is 0.510. The maximum atomic E-state index is 12.6. The summed E-state index contributed by atoms with van der Waals surface area (Å²) in [6.45, 7) is 4.88. The lowest BCUT2D eigenvalue weighted by atomic mass is 10.0. The minimum Gasteiger partial charge on any atom is -0.379 e. The molecule has 0 radical (unpaired) electrons. The molecule has 0 aromatic heterocycles. The third kappa shape index (κ3) is 5.72. The Bertz CT molecular complexity index is 817. The number of hydrogen-bond donors (Lipinski definition) is 2. The van der Waals surface area contributed by atoms with E-state index in [9.17, 15) is 4.79 Å². The molecule has 2 aromatic rings. The summed E-state index contributed by atoms with van der Waals surface area (Å²) in [6, 6.07) is 16.0. The third-order valence-corrected chi connectivity index (χ3v) is 5.92. The second kappa shape index (κ2) is 9.61. The second-order valence-electron chi connectivity index (χ2n) is 7.85. The molecule has 1 atom stereocenters. The van der Waals surface area contributed by atoms with Gasteiger partial charge in [-0.05, 0) is 47.6 Å². The number of rotatable bonds is 7. The highest BCUT2D eigenvalue weighted by atomic mass is 35.5. The Hall–Kier alpha value is -2.08. The Morgan fingerprint density at radius 3 is 2.45 bits per heavy atom. The predicted molar refractivity (Wildman–Crippen MR) is 115 cm³/mol. The SMILES string of the molecule is O=C(NCc1ccccc1CN1CCOCC1)NC(c1ccc(Cl)cc1)C1CC1. The number of carbonyl (C=O) groups excluding carboxylic acids is 1. The molecule has 1 heterocycles. The molecule has 2 N–H and O–H groups in total. The standard InChI is InChI=1S/C23H28ClN3O2/c24-21-9-7-18(8-10-21)22(17-5-6-17)26-23(28)25-15-19-3-1-2-4-20(19)16-27-11-13-29-14-12-27/h1-4,7-10,17,22H,5-6,11-16H2,(H2,25,26,28). The lowest BCUT2D eigenvalue weighted by Crippen LogP contribution is -2.39. The number of halogens is 1. The molecule has 6 heteroatoms. The highest BCUT2D eigenvalue weighted by Crippen LogP contribution is 2.41. The van der Waals surface area contributed by atoms with Crippen molar-refractivity contribution in [1.82, 2.24) is 15.5 Å². The Morgan fingerprint density at radius 2 is 1.76 bits per heavy atom. The maximum absolute atomic E-state index is 12.6. The van der Waals surface area contributed by atoms with Gasteiger partial charge in [0.25, 0.3) is 0 Å². The van der Waals surface area contributed by atoms with Gasteiger partial charge in [-0.25, -0.2) is 4.79 Å². The van der Waals surface area contributed by atoms with E-state index >= 15 is 0 Å². The molecule has 2 amide bonds. The second-order valence-corrected chi connectivity index (χ2v) is 8.29. The normalized spacial score (nSPS) is 18.2. The van der Waals surface area contributed by atoms with Crippen molar-refractivity contribution in [3.05, 3.63) is 70.2 Å². The Labute approximate surface area is 177 Å². The summed E-state index contributed by atoms with van der Waals surface area (Å²) < 4.78 is 5.44. The number of nitrogens with zero attached hydrogens (tertiary/aromatic N) is 1. The number of benzene rings is 2. The van der Waals surface area contributed by atoms with Gasteiger partial charge in [-0.2, -0.15) is 0 Å². The number of amides is 2. The first-order valence-electron chi connectivity index (χ1n) is 10.4. The molecule has 1 aliphatic carbocycles. The molecule has 5 nitrogen and oxygen atoms in total. The smallest absolute Gasteiger partial charge is 0.315 e. The molecule has 1 unspecified atom stereocenters. The van der Waals surface area contributed by atoms with Crippen molar-refractivity contribution >= 4 is 17.6 Å². The van der Waals surface area contributed by atoms with Gasteiger partial charge in [-0.15, -0.1) is 0 Å². The van der Waals surface area contributed by atoms with Crippen molar-refractivity contribution in [3.63, 3.8) is 0 Å². The van der Waals surface area contributed by atoms with Crippen molar-refractivity contribution in [2.24, 2.45) is 5.92 Å². The van der Waals surface area contributed by atoms with Crippen LogP contribution in [0.3, 0.4) is 0 Å². The van der Waals surface area contributed by atoms with Crippen LogP contribution in [0.5, 0.6) is 0 Å². The van der Waals surface area contributed by atoms with E-state index in [0.29, 0.717) is 17.5 Å². The van der Waals surface area contributed by atoms with Crippen molar-refractivity contribution < 1.29 is 9.53 Å². The average molecular weight is 414 g/mol. The molecule has 1 aliphatic heterocycles. The number of urea groups is 1. The van der Waals surface area contributed by atoms with Crippen LogP contribution < -0.4 is 10.6 Å². The van der Waals surface area contributed by atoms with Gasteiger partial charge in [-0.1, -0.05) is 48.0 Å². The van der Waals surface area contributed by atoms with Crippen LogP contribution in [0.4, 0.5) is 4.79 Å². The predicted octanol–water partition coefficient (Wildman–Crippen LogP) is 4.12. The van der Waals surface area contributed by atoms with Crippen molar-refractivity contribution in [2.45, 2.75) is 32.0 Å². The molecule has 0 bridgehead atoms.